The summed E-state index contributed by atoms with van der Waals surface area (Å²) in [6, 6.07) is 6.27. The maximum atomic E-state index is 12.2. The Bertz CT molecular complexity index is 524. The molecule has 1 aromatic rings. The molecular formula is C20H30N2O. The number of aryl methyl sites for hydroxylation is 1. The number of benzene rings is 1. The Morgan fingerprint density at radius 3 is 2.57 bits per heavy atom. The van der Waals surface area contributed by atoms with E-state index in [1.54, 1.807) is 0 Å². The van der Waals surface area contributed by atoms with E-state index in [1.165, 1.54) is 44.1 Å². The molecule has 0 saturated carbocycles. The Morgan fingerprint density at radius 1 is 1.13 bits per heavy atom. The van der Waals surface area contributed by atoms with Gasteiger partial charge >= 0.3 is 6.03 Å². The number of nitrogens with one attached hydrogen (secondary N) is 1. The Morgan fingerprint density at radius 2 is 1.83 bits per heavy atom. The molecule has 0 bridgehead atoms. The summed E-state index contributed by atoms with van der Waals surface area (Å²) < 4.78 is 0. The third-order valence-electron chi connectivity index (χ3n) is 4.58. The van der Waals surface area contributed by atoms with Crippen molar-refractivity contribution in [3.05, 3.63) is 42.0 Å². The molecule has 2 rings (SSSR count). The zero-order chi connectivity index (χ0) is 16.5. The number of nitrogens with zero attached hydrogens (tertiary/aromatic N) is 1. The molecule has 0 unspecified atom stereocenters. The predicted octanol–water partition coefficient (Wildman–Crippen LogP) is 5.65. The largest absolute Gasteiger partial charge is 0.322 e. The molecule has 23 heavy (non-hydrogen) atoms. The van der Waals surface area contributed by atoms with E-state index in [0.717, 1.165) is 37.2 Å². The van der Waals surface area contributed by atoms with Gasteiger partial charge in [-0.05, 0) is 37.3 Å². The molecule has 3 heteroatoms. The van der Waals surface area contributed by atoms with Gasteiger partial charge in [-0.2, -0.15) is 0 Å². The molecule has 0 saturated heterocycles. The lowest BCUT2D eigenvalue weighted by molar-refractivity contribution is 0.205. The van der Waals surface area contributed by atoms with Crippen LogP contribution in [0.5, 0.6) is 0 Å². The van der Waals surface area contributed by atoms with Gasteiger partial charge in [0.25, 0.3) is 0 Å². The van der Waals surface area contributed by atoms with Crippen molar-refractivity contribution in [1.82, 2.24) is 4.90 Å². The smallest absolute Gasteiger partial charge is 0.320 e. The van der Waals surface area contributed by atoms with Crippen LogP contribution in [0.3, 0.4) is 0 Å². The summed E-state index contributed by atoms with van der Waals surface area (Å²) in [6.07, 6.45) is 12.0. The molecule has 1 aliphatic rings. The van der Waals surface area contributed by atoms with Gasteiger partial charge in [0.2, 0.25) is 0 Å². The van der Waals surface area contributed by atoms with E-state index in [9.17, 15) is 4.79 Å². The number of anilines is 1. The van der Waals surface area contributed by atoms with Crippen molar-refractivity contribution in [2.75, 3.05) is 11.9 Å². The molecular weight excluding hydrogens is 284 g/mol. The van der Waals surface area contributed by atoms with Gasteiger partial charge in [0.15, 0.2) is 0 Å². The molecule has 0 radical (unpaired) electrons. The number of urea groups is 1. The van der Waals surface area contributed by atoms with Gasteiger partial charge < -0.3 is 10.2 Å². The number of carbonyl (C=O) groups excluding carboxylic acids is 1. The van der Waals surface area contributed by atoms with E-state index >= 15 is 0 Å². The summed E-state index contributed by atoms with van der Waals surface area (Å²) >= 11 is 0. The van der Waals surface area contributed by atoms with E-state index < -0.39 is 0 Å². The van der Waals surface area contributed by atoms with Crippen LogP contribution < -0.4 is 5.32 Å². The third kappa shape index (κ3) is 5.42. The molecule has 0 aliphatic carbocycles. The summed E-state index contributed by atoms with van der Waals surface area (Å²) in [5.41, 5.74) is 3.38. The van der Waals surface area contributed by atoms with Gasteiger partial charge in [0.1, 0.15) is 0 Å². The molecule has 126 valence electrons. The van der Waals surface area contributed by atoms with Crippen molar-refractivity contribution < 1.29 is 4.79 Å². The van der Waals surface area contributed by atoms with Crippen LogP contribution in [0.25, 0.3) is 0 Å². The van der Waals surface area contributed by atoms with Gasteiger partial charge in [-0.25, -0.2) is 4.79 Å². The topological polar surface area (TPSA) is 32.3 Å². The van der Waals surface area contributed by atoms with E-state index in [2.05, 4.69) is 24.0 Å². The zero-order valence-corrected chi connectivity index (χ0v) is 14.4. The molecule has 1 aromatic carbocycles. The van der Waals surface area contributed by atoms with E-state index in [4.69, 9.17) is 0 Å². The average molecular weight is 314 g/mol. The van der Waals surface area contributed by atoms with Crippen LogP contribution in [0.1, 0.15) is 62.5 Å². The van der Waals surface area contributed by atoms with Crippen LogP contribution in [0.2, 0.25) is 0 Å². The summed E-state index contributed by atoms with van der Waals surface area (Å²) in [4.78, 5) is 14.1. The standard InChI is InChI=1S/C20H30N2O/c1-3-4-5-6-7-8-9-10-11-15-22-16-18-14-12-13-17(2)19(18)21-20(22)23/h3,12-14H,1,4-11,15-16H2,2H3,(H,21,23). The van der Waals surface area contributed by atoms with E-state index in [0.29, 0.717) is 0 Å². The fourth-order valence-electron chi connectivity index (χ4n) is 3.16. The molecule has 1 N–H and O–H groups in total. The second-order valence-corrected chi connectivity index (χ2v) is 6.51. The fraction of sp³-hybridized carbons (Fsp3) is 0.550. The lowest BCUT2D eigenvalue weighted by atomic mass is 10.0. The number of amides is 2. The van der Waals surface area contributed by atoms with Crippen LogP contribution in [0.4, 0.5) is 10.5 Å². The van der Waals surface area contributed by atoms with E-state index in [-0.39, 0.29) is 6.03 Å². The SMILES string of the molecule is C=CCCCCCCCCCN1Cc2cccc(C)c2NC1=O. The van der Waals surface area contributed by atoms with Crippen LogP contribution in [0, 0.1) is 6.92 Å². The number of rotatable bonds is 10. The Kier molecular flexibility index (Phi) is 7.18. The first-order chi connectivity index (χ1) is 11.2. The van der Waals surface area contributed by atoms with Gasteiger partial charge in [0.05, 0.1) is 5.69 Å². The average Bonchev–Trinajstić information content (AvgIpc) is 2.54. The van der Waals surface area contributed by atoms with Crippen LogP contribution >= 0.6 is 0 Å². The minimum Gasteiger partial charge on any atom is -0.320 e. The molecule has 0 fully saturated rings. The van der Waals surface area contributed by atoms with Crippen molar-refractivity contribution in [2.45, 2.75) is 64.8 Å². The first-order valence-electron chi connectivity index (χ1n) is 8.97. The van der Waals surface area contributed by atoms with Crippen LogP contribution in [-0.2, 0) is 6.54 Å². The van der Waals surface area contributed by atoms with Crippen LogP contribution in [0.15, 0.2) is 30.9 Å². The summed E-state index contributed by atoms with van der Waals surface area (Å²) in [7, 11) is 0. The predicted molar refractivity (Wildman–Crippen MR) is 97.7 cm³/mol. The third-order valence-corrected chi connectivity index (χ3v) is 4.58. The second-order valence-electron chi connectivity index (χ2n) is 6.51. The maximum Gasteiger partial charge on any atom is 0.322 e. The number of fused-ring (bicyclic) bond motifs is 1. The Hall–Kier alpha value is -1.77. The van der Waals surface area contributed by atoms with Crippen LogP contribution in [-0.4, -0.2) is 17.5 Å². The highest BCUT2D eigenvalue weighted by atomic mass is 16.2. The van der Waals surface area contributed by atoms with Crippen molar-refractivity contribution >= 4 is 11.7 Å². The first kappa shape index (κ1) is 17.6. The molecule has 3 nitrogen and oxygen atoms in total. The van der Waals surface area contributed by atoms with Gasteiger partial charge in [-0.1, -0.05) is 56.4 Å². The molecule has 0 aromatic heterocycles. The summed E-state index contributed by atoms with van der Waals surface area (Å²) in [6.45, 7) is 7.39. The summed E-state index contributed by atoms with van der Waals surface area (Å²) in [5, 5.41) is 3.04. The molecule has 0 atom stereocenters. The van der Waals surface area contributed by atoms with Gasteiger partial charge in [-0.15, -0.1) is 6.58 Å². The molecule has 1 aliphatic heterocycles. The Labute approximate surface area is 140 Å². The number of allylic oxidation sites excluding steroid dienone is 1. The maximum absolute atomic E-state index is 12.2. The second kappa shape index (κ2) is 9.39. The number of para-hydroxylation sites is 1. The van der Waals surface area contributed by atoms with Crippen molar-refractivity contribution in [3.8, 4) is 0 Å². The summed E-state index contributed by atoms with van der Waals surface area (Å²) in [5.74, 6) is 0. The molecule has 0 spiro atoms. The minimum atomic E-state index is 0.0521. The lowest BCUT2D eigenvalue weighted by Gasteiger charge is -2.30. The quantitative estimate of drug-likeness (QED) is 0.439. The van der Waals surface area contributed by atoms with Gasteiger partial charge in [0, 0.05) is 13.1 Å². The lowest BCUT2D eigenvalue weighted by Crippen LogP contribution is -2.39. The highest BCUT2D eigenvalue weighted by Crippen LogP contribution is 2.26. The molecule has 2 amide bonds. The number of hydrogen-bond acceptors (Lipinski definition) is 1. The number of hydrogen-bond donors (Lipinski definition) is 1. The Balaban J connectivity index is 1.63. The fourth-order valence-corrected chi connectivity index (χ4v) is 3.16. The first-order valence-corrected chi connectivity index (χ1v) is 8.97. The van der Waals surface area contributed by atoms with Gasteiger partial charge in [-0.3, -0.25) is 0 Å². The highest BCUT2D eigenvalue weighted by molar-refractivity contribution is 5.93. The van der Waals surface area contributed by atoms with Crippen molar-refractivity contribution in [1.29, 1.82) is 0 Å². The normalized spacial score (nSPS) is 13.6. The minimum absolute atomic E-state index is 0.0521. The van der Waals surface area contributed by atoms with E-state index in [1.807, 2.05) is 24.0 Å². The monoisotopic (exact) mass is 314 g/mol. The number of carbonyl (C=O) groups is 1. The van der Waals surface area contributed by atoms with Crippen molar-refractivity contribution in [3.63, 3.8) is 0 Å². The highest BCUT2D eigenvalue weighted by Gasteiger charge is 2.22. The van der Waals surface area contributed by atoms with Crippen molar-refractivity contribution in [2.24, 2.45) is 0 Å². The zero-order valence-electron chi connectivity index (χ0n) is 14.4. The number of unbranched alkanes of at least 4 members (excludes halogenated alkanes) is 7. The molecule has 1 heterocycles.